The maximum Gasteiger partial charge on any atom is 0.241 e. The second-order valence-corrected chi connectivity index (χ2v) is 5.56. The van der Waals surface area contributed by atoms with Crippen LogP contribution in [0.4, 0.5) is 0 Å². The van der Waals surface area contributed by atoms with Crippen LogP contribution in [0.2, 0.25) is 0 Å². The molecule has 5 nitrogen and oxygen atoms in total. The first-order valence-electron chi connectivity index (χ1n) is 5.63. The number of aliphatic hydroxyl groups excluding tert-OH is 1. The molecule has 2 heterocycles. The van der Waals surface area contributed by atoms with Gasteiger partial charge < -0.3 is 9.63 Å². The van der Waals surface area contributed by atoms with Crippen molar-refractivity contribution in [1.29, 1.82) is 0 Å². The van der Waals surface area contributed by atoms with Crippen LogP contribution in [-0.4, -0.2) is 39.8 Å². The molecule has 0 unspecified atom stereocenters. The minimum Gasteiger partial charge on any atom is -0.395 e. The number of thiophene rings is 1. The van der Waals surface area contributed by atoms with E-state index in [9.17, 15) is 0 Å². The summed E-state index contributed by atoms with van der Waals surface area (Å²) in [5.74, 6) is 1.19. The fourth-order valence-electron chi connectivity index (χ4n) is 1.53. The van der Waals surface area contributed by atoms with Crippen molar-refractivity contribution in [3.63, 3.8) is 0 Å². The first-order chi connectivity index (χ1) is 8.72. The summed E-state index contributed by atoms with van der Waals surface area (Å²) in [5.41, 5.74) is 0. The van der Waals surface area contributed by atoms with Crippen molar-refractivity contribution in [2.45, 2.75) is 13.5 Å². The number of rotatable bonds is 6. The average Bonchev–Trinajstić information content (AvgIpc) is 2.97. The Morgan fingerprint density at radius 2 is 2.39 bits per heavy atom. The highest BCUT2D eigenvalue weighted by molar-refractivity contribution is 9.10. The maximum atomic E-state index is 8.92. The third-order valence-electron chi connectivity index (χ3n) is 2.48. The highest BCUT2D eigenvalue weighted by Gasteiger charge is 2.13. The summed E-state index contributed by atoms with van der Waals surface area (Å²) in [5, 5.41) is 14.9. The van der Waals surface area contributed by atoms with E-state index >= 15 is 0 Å². The van der Waals surface area contributed by atoms with Crippen molar-refractivity contribution in [2.24, 2.45) is 0 Å². The summed E-state index contributed by atoms with van der Waals surface area (Å²) >= 11 is 4.96. The number of aromatic nitrogens is 2. The SMILES string of the molecule is CCN(CCO)Cc1nc(-c2cc(Br)cs2)no1. The fourth-order valence-corrected chi connectivity index (χ4v) is 2.88. The Balaban J connectivity index is 2.06. The van der Waals surface area contributed by atoms with Gasteiger partial charge in [-0.05, 0) is 28.5 Å². The Labute approximate surface area is 118 Å². The molecule has 0 bridgehead atoms. The predicted molar refractivity (Wildman–Crippen MR) is 73.3 cm³/mol. The number of nitrogens with zero attached hydrogens (tertiary/aromatic N) is 3. The van der Waals surface area contributed by atoms with E-state index in [1.807, 2.05) is 23.3 Å². The summed E-state index contributed by atoms with van der Waals surface area (Å²) in [7, 11) is 0. The van der Waals surface area contributed by atoms with Gasteiger partial charge in [-0.3, -0.25) is 4.90 Å². The molecular formula is C11H14BrN3O2S. The number of halogens is 1. The van der Waals surface area contributed by atoms with E-state index in [4.69, 9.17) is 9.63 Å². The van der Waals surface area contributed by atoms with Gasteiger partial charge >= 0.3 is 0 Å². The first-order valence-corrected chi connectivity index (χ1v) is 7.30. The van der Waals surface area contributed by atoms with E-state index < -0.39 is 0 Å². The molecule has 0 atom stereocenters. The van der Waals surface area contributed by atoms with Crippen molar-refractivity contribution in [3.05, 3.63) is 21.8 Å². The zero-order valence-electron chi connectivity index (χ0n) is 9.97. The van der Waals surface area contributed by atoms with Crippen molar-refractivity contribution in [1.82, 2.24) is 15.0 Å². The fraction of sp³-hybridized carbons (Fsp3) is 0.455. The van der Waals surface area contributed by atoms with Crippen molar-refractivity contribution in [3.8, 4) is 10.7 Å². The lowest BCUT2D eigenvalue weighted by molar-refractivity contribution is 0.180. The first kappa shape index (κ1) is 13.7. The molecule has 0 aliphatic carbocycles. The van der Waals surface area contributed by atoms with Crippen LogP contribution in [0.1, 0.15) is 12.8 Å². The number of hydrogen-bond donors (Lipinski definition) is 1. The highest BCUT2D eigenvalue weighted by atomic mass is 79.9. The Bertz CT molecular complexity index is 500. The minimum absolute atomic E-state index is 0.132. The summed E-state index contributed by atoms with van der Waals surface area (Å²) in [6.07, 6.45) is 0. The third kappa shape index (κ3) is 3.38. The van der Waals surface area contributed by atoms with Crippen LogP contribution in [0.25, 0.3) is 10.7 Å². The zero-order valence-corrected chi connectivity index (χ0v) is 12.4. The molecule has 0 aliphatic rings. The van der Waals surface area contributed by atoms with E-state index in [-0.39, 0.29) is 6.61 Å². The van der Waals surface area contributed by atoms with Crippen LogP contribution in [0.15, 0.2) is 20.4 Å². The Morgan fingerprint density at radius 3 is 3.00 bits per heavy atom. The molecule has 0 aliphatic heterocycles. The average molecular weight is 332 g/mol. The van der Waals surface area contributed by atoms with Gasteiger partial charge in [-0.2, -0.15) is 4.98 Å². The molecule has 2 aromatic rings. The quantitative estimate of drug-likeness (QED) is 0.880. The zero-order chi connectivity index (χ0) is 13.0. The lowest BCUT2D eigenvalue weighted by Gasteiger charge is -2.15. The maximum absolute atomic E-state index is 8.92. The predicted octanol–water partition coefficient (Wildman–Crippen LogP) is 2.37. The summed E-state index contributed by atoms with van der Waals surface area (Å²) in [4.78, 5) is 7.37. The van der Waals surface area contributed by atoms with E-state index in [1.165, 1.54) is 0 Å². The lowest BCUT2D eigenvalue weighted by atomic mass is 10.4. The van der Waals surface area contributed by atoms with Crippen LogP contribution in [0.3, 0.4) is 0 Å². The molecule has 0 radical (unpaired) electrons. The number of aliphatic hydroxyl groups is 1. The molecule has 98 valence electrons. The monoisotopic (exact) mass is 331 g/mol. The van der Waals surface area contributed by atoms with Gasteiger partial charge in [0.1, 0.15) is 0 Å². The third-order valence-corrected chi connectivity index (χ3v) is 4.17. The lowest BCUT2D eigenvalue weighted by Crippen LogP contribution is -2.26. The van der Waals surface area contributed by atoms with Crippen molar-refractivity contribution in [2.75, 3.05) is 19.7 Å². The van der Waals surface area contributed by atoms with Gasteiger partial charge in [0.2, 0.25) is 11.7 Å². The molecule has 2 aromatic heterocycles. The topological polar surface area (TPSA) is 62.4 Å². The standard InChI is InChI=1S/C11H14BrN3O2S/c1-2-15(3-4-16)6-10-13-11(14-17-10)9-5-8(12)7-18-9/h5,7,16H,2-4,6H2,1H3. The van der Waals surface area contributed by atoms with Crippen molar-refractivity contribution >= 4 is 27.3 Å². The molecule has 0 fully saturated rings. The molecule has 0 saturated heterocycles. The van der Waals surface area contributed by atoms with Gasteiger partial charge in [0.25, 0.3) is 0 Å². The number of likely N-dealkylation sites (N-methyl/N-ethyl adjacent to an activating group) is 1. The smallest absolute Gasteiger partial charge is 0.241 e. The molecule has 7 heteroatoms. The van der Waals surface area contributed by atoms with Gasteiger partial charge in [0.05, 0.1) is 18.0 Å². The second-order valence-electron chi connectivity index (χ2n) is 3.73. The van der Waals surface area contributed by atoms with E-state index in [1.54, 1.807) is 11.3 Å². The Kier molecular flexibility index (Phi) is 4.87. The number of hydrogen-bond acceptors (Lipinski definition) is 6. The largest absolute Gasteiger partial charge is 0.395 e. The van der Waals surface area contributed by atoms with E-state index in [2.05, 4.69) is 26.1 Å². The van der Waals surface area contributed by atoms with E-state index in [0.717, 1.165) is 15.9 Å². The van der Waals surface area contributed by atoms with Crippen molar-refractivity contribution < 1.29 is 9.63 Å². The van der Waals surface area contributed by atoms with Crippen LogP contribution in [0.5, 0.6) is 0 Å². The Hall–Kier alpha value is -0.760. The van der Waals surface area contributed by atoms with Gasteiger partial charge in [0.15, 0.2) is 0 Å². The summed E-state index contributed by atoms with van der Waals surface area (Å²) in [6.45, 7) is 4.17. The molecule has 18 heavy (non-hydrogen) atoms. The normalized spacial score (nSPS) is 11.3. The summed E-state index contributed by atoms with van der Waals surface area (Å²) in [6, 6.07) is 1.96. The molecule has 1 N–H and O–H groups in total. The van der Waals surface area contributed by atoms with Gasteiger partial charge in [0, 0.05) is 16.4 Å². The van der Waals surface area contributed by atoms with Crippen LogP contribution in [0, 0.1) is 0 Å². The molecule has 2 rings (SSSR count). The van der Waals surface area contributed by atoms with Gasteiger partial charge in [-0.25, -0.2) is 0 Å². The Morgan fingerprint density at radius 1 is 1.56 bits per heavy atom. The molecule has 0 spiro atoms. The van der Waals surface area contributed by atoms with Gasteiger partial charge in [-0.15, -0.1) is 11.3 Å². The van der Waals surface area contributed by atoms with Crippen LogP contribution >= 0.6 is 27.3 Å². The minimum atomic E-state index is 0.132. The molecule has 0 saturated carbocycles. The van der Waals surface area contributed by atoms with Crippen LogP contribution in [-0.2, 0) is 6.54 Å². The second kappa shape index (κ2) is 6.42. The van der Waals surface area contributed by atoms with E-state index in [0.29, 0.717) is 24.8 Å². The van der Waals surface area contributed by atoms with Crippen LogP contribution < -0.4 is 0 Å². The van der Waals surface area contributed by atoms with Gasteiger partial charge in [-0.1, -0.05) is 12.1 Å². The highest BCUT2D eigenvalue weighted by Crippen LogP contribution is 2.27. The summed E-state index contributed by atoms with van der Waals surface area (Å²) < 4.78 is 6.23. The molecular weight excluding hydrogens is 318 g/mol. The molecule has 0 amide bonds. The molecule has 0 aromatic carbocycles.